The molecule has 1 atom stereocenters. The Bertz CT molecular complexity index is 1320. The highest BCUT2D eigenvalue weighted by molar-refractivity contribution is 5.91. The van der Waals surface area contributed by atoms with E-state index in [-0.39, 0.29) is 30.0 Å². The third-order valence-corrected chi connectivity index (χ3v) is 5.82. The number of aromatic amines is 1. The van der Waals surface area contributed by atoms with Gasteiger partial charge in [0, 0.05) is 35.8 Å². The number of anilines is 3. The summed E-state index contributed by atoms with van der Waals surface area (Å²) in [5.41, 5.74) is 2.26. The highest BCUT2D eigenvalue weighted by Crippen LogP contribution is 2.39. The quantitative estimate of drug-likeness (QED) is 0.257. The van der Waals surface area contributed by atoms with Gasteiger partial charge >= 0.3 is 0 Å². The van der Waals surface area contributed by atoms with Gasteiger partial charge in [-0.25, -0.2) is 13.8 Å². The molecule has 180 valence electrons. The molecule has 5 rings (SSSR count). The van der Waals surface area contributed by atoms with Crippen LogP contribution in [0.1, 0.15) is 59.1 Å². The largest absolute Gasteiger partial charge is 0.459 e. The number of carbonyl (C=O) groups excluding carboxylic acids is 1. The normalized spacial score (nSPS) is 13.9. The molecule has 3 aromatic heterocycles. The van der Waals surface area contributed by atoms with Crippen LogP contribution in [0.5, 0.6) is 0 Å². The lowest BCUT2D eigenvalue weighted by Gasteiger charge is -2.19. The lowest BCUT2D eigenvalue weighted by molar-refractivity contribution is 0.0923. The molecule has 8 nitrogen and oxygen atoms in total. The Kier molecular flexibility index (Phi) is 6.17. The number of pyridine rings is 1. The van der Waals surface area contributed by atoms with Crippen molar-refractivity contribution in [1.29, 1.82) is 0 Å². The Labute approximate surface area is 200 Å². The summed E-state index contributed by atoms with van der Waals surface area (Å²) in [5, 5.41) is 16.1. The molecule has 1 aromatic carbocycles. The molecule has 0 unspecified atom stereocenters. The fraction of sp³-hybridized carbons (Fsp3) is 0.240. The van der Waals surface area contributed by atoms with E-state index in [4.69, 9.17) is 4.42 Å². The summed E-state index contributed by atoms with van der Waals surface area (Å²) in [5.74, 6) is 0.0910. The van der Waals surface area contributed by atoms with Gasteiger partial charge in [-0.1, -0.05) is 12.1 Å². The smallest absolute Gasteiger partial charge is 0.287 e. The monoisotopic (exact) mass is 478 g/mol. The van der Waals surface area contributed by atoms with Crippen molar-refractivity contribution in [1.82, 2.24) is 20.5 Å². The van der Waals surface area contributed by atoms with Gasteiger partial charge in [0.1, 0.15) is 11.6 Å². The third kappa shape index (κ3) is 5.32. The highest BCUT2D eigenvalue weighted by atomic mass is 19.1. The van der Waals surface area contributed by atoms with Gasteiger partial charge in [-0.2, -0.15) is 5.10 Å². The lowest BCUT2D eigenvalue weighted by Crippen LogP contribution is -2.23. The van der Waals surface area contributed by atoms with Gasteiger partial charge in [-0.05, 0) is 55.7 Å². The Hall–Kier alpha value is -4.21. The van der Waals surface area contributed by atoms with Crippen molar-refractivity contribution in [2.75, 3.05) is 10.6 Å². The number of nitrogens with one attached hydrogen (secondary N) is 4. The van der Waals surface area contributed by atoms with E-state index in [0.29, 0.717) is 23.1 Å². The van der Waals surface area contributed by atoms with E-state index in [1.165, 1.54) is 30.5 Å². The van der Waals surface area contributed by atoms with Crippen LogP contribution in [-0.2, 0) is 6.54 Å². The number of hydrogen-bond donors (Lipinski definition) is 4. The second-order valence-electron chi connectivity index (χ2n) is 8.51. The summed E-state index contributed by atoms with van der Waals surface area (Å²) < 4.78 is 33.5. The number of furan rings is 1. The average Bonchev–Trinajstić information content (AvgIpc) is 3.34. The maximum Gasteiger partial charge on any atom is 0.287 e. The van der Waals surface area contributed by atoms with E-state index in [0.717, 1.165) is 24.1 Å². The molecule has 4 N–H and O–H groups in total. The van der Waals surface area contributed by atoms with Gasteiger partial charge in [0.2, 0.25) is 0 Å². The van der Waals surface area contributed by atoms with Crippen molar-refractivity contribution in [3.05, 3.63) is 89.0 Å². The molecule has 1 fully saturated rings. The zero-order valence-electron chi connectivity index (χ0n) is 18.9. The van der Waals surface area contributed by atoms with Gasteiger partial charge in [0.15, 0.2) is 23.2 Å². The lowest BCUT2D eigenvalue weighted by atomic mass is 10.1. The van der Waals surface area contributed by atoms with Crippen LogP contribution in [0.3, 0.4) is 0 Å². The van der Waals surface area contributed by atoms with Gasteiger partial charge < -0.3 is 20.4 Å². The van der Waals surface area contributed by atoms with Gasteiger partial charge in [-0.15, -0.1) is 0 Å². The molecule has 4 aromatic rings. The first kappa shape index (κ1) is 22.6. The number of amides is 1. The van der Waals surface area contributed by atoms with Crippen molar-refractivity contribution in [3.63, 3.8) is 0 Å². The number of carbonyl (C=O) groups is 1. The first-order chi connectivity index (χ1) is 17.0. The number of halogens is 2. The van der Waals surface area contributed by atoms with Crippen LogP contribution >= 0.6 is 0 Å². The minimum Gasteiger partial charge on any atom is -0.459 e. The summed E-state index contributed by atoms with van der Waals surface area (Å²) >= 11 is 0. The number of benzene rings is 1. The number of rotatable bonds is 9. The summed E-state index contributed by atoms with van der Waals surface area (Å²) in [6.45, 7) is 1.89. The topological polar surface area (TPSA) is 108 Å². The van der Waals surface area contributed by atoms with Crippen LogP contribution in [0.2, 0.25) is 0 Å². The van der Waals surface area contributed by atoms with Gasteiger partial charge in [0.05, 0.1) is 6.26 Å². The number of hydrogen-bond acceptors (Lipinski definition) is 6. The zero-order chi connectivity index (χ0) is 24.4. The predicted octanol–water partition coefficient (Wildman–Crippen LogP) is 5.40. The van der Waals surface area contributed by atoms with Crippen LogP contribution in [0.15, 0.2) is 59.2 Å². The number of H-pyrrole nitrogens is 1. The third-order valence-electron chi connectivity index (χ3n) is 5.82. The maximum absolute atomic E-state index is 15.0. The fourth-order valence-electron chi connectivity index (χ4n) is 3.71. The molecule has 35 heavy (non-hydrogen) atoms. The average molecular weight is 479 g/mol. The summed E-state index contributed by atoms with van der Waals surface area (Å²) in [4.78, 5) is 16.8. The van der Waals surface area contributed by atoms with E-state index in [1.807, 2.05) is 13.0 Å². The molecule has 1 aliphatic rings. The minimum absolute atomic E-state index is 0.00577. The molecule has 1 aliphatic carbocycles. The molecule has 0 aliphatic heterocycles. The Morgan fingerprint density at radius 3 is 2.69 bits per heavy atom. The van der Waals surface area contributed by atoms with E-state index >= 15 is 4.39 Å². The van der Waals surface area contributed by atoms with Crippen LogP contribution in [0.25, 0.3) is 0 Å². The van der Waals surface area contributed by atoms with Crippen molar-refractivity contribution in [3.8, 4) is 0 Å². The van der Waals surface area contributed by atoms with Gasteiger partial charge in [-0.3, -0.25) is 9.89 Å². The number of nitrogens with zero attached hydrogens (tertiary/aromatic N) is 2. The van der Waals surface area contributed by atoms with E-state index in [1.54, 1.807) is 18.2 Å². The second kappa shape index (κ2) is 9.57. The van der Waals surface area contributed by atoms with Crippen molar-refractivity contribution >= 4 is 23.4 Å². The van der Waals surface area contributed by atoms with Crippen LogP contribution in [0, 0.1) is 11.6 Å². The Balaban J connectivity index is 1.40. The zero-order valence-corrected chi connectivity index (χ0v) is 18.9. The standard InChI is InChI=1S/C25H24F2N6O2/c1-14(15-6-8-18(26)9-7-15)29-23-17(13-28-25(34)21-3-2-10-35-21)11-19(27)24(31-23)30-22-12-20(32-33-22)16-4-5-16/h2-3,6-12,14,16H,4-5,13H2,1H3,(H,28,34)(H3,29,30,31,32,33)/t14-/m0/s1. The predicted molar refractivity (Wildman–Crippen MR) is 126 cm³/mol. The molecule has 1 saturated carbocycles. The fourth-order valence-corrected chi connectivity index (χ4v) is 3.71. The molecular formula is C25H24F2N6O2. The minimum atomic E-state index is -0.594. The van der Waals surface area contributed by atoms with Crippen LogP contribution < -0.4 is 16.0 Å². The van der Waals surface area contributed by atoms with E-state index < -0.39 is 11.7 Å². The van der Waals surface area contributed by atoms with Crippen molar-refractivity contribution in [2.24, 2.45) is 0 Å². The Morgan fingerprint density at radius 1 is 1.17 bits per heavy atom. The second-order valence-corrected chi connectivity index (χ2v) is 8.51. The molecule has 3 heterocycles. The van der Waals surface area contributed by atoms with E-state index in [9.17, 15) is 9.18 Å². The molecule has 0 bridgehead atoms. The first-order valence-corrected chi connectivity index (χ1v) is 11.3. The first-order valence-electron chi connectivity index (χ1n) is 11.3. The molecule has 0 radical (unpaired) electrons. The SMILES string of the molecule is C[C@H](Nc1nc(Nc2cc(C3CC3)[nH]n2)c(F)cc1CNC(=O)c1ccco1)c1ccc(F)cc1. The molecule has 10 heteroatoms. The van der Waals surface area contributed by atoms with E-state index in [2.05, 4.69) is 31.1 Å². The van der Waals surface area contributed by atoms with Crippen LogP contribution in [-0.4, -0.2) is 21.1 Å². The summed E-state index contributed by atoms with van der Waals surface area (Å²) in [6.07, 6.45) is 3.63. The maximum atomic E-state index is 15.0. The highest BCUT2D eigenvalue weighted by Gasteiger charge is 2.26. The number of aromatic nitrogens is 3. The summed E-state index contributed by atoms with van der Waals surface area (Å²) in [6, 6.07) is 12.1. The molecule has 0 saturated heterocycles. The molecule has 1 amide bonds. The van der Waals surface area contributed by atoms with Crippen molar-refractivity contribution in [2.45, 2.75) is 38.3 Å². The Morgan fingerprint density at radius 2 is 1.97 bits per heavy atom. The van der Waals surface area contributed by atoms with Crippen molar-refractivity contribution < 1.29 is 18.0 Å². The molecular weight excluding hydrogens is 454 g/mol. The van der Waals surface area contributed by atoms with Gasteiger partial charge in [0.25, 0.3) is 5.91 Å². The van der Waals surface area contributed by atoms with Crippen LogP contribution in [0.4, 0.5) is 26.2 Å². The summed E-state index contributed by atoms with van der Waals surface area (Å²) in [7, 11) is 0. The molecule has 0 spiro atoms.